The van der Waals surface area contributed by atoms with E-state index >= 15 is 0 Å². The minimum Gasteiger partial charge on any atom is -0.464 e. The number of ether oxygens (including phenoxy) is 1. The Morgan fingerprint density at radius 2 is 2.10 bits per heavy atom. The first-order valence-electron chi connectivity index (χ1n) is 5.92. The molecule has 6 nitrogen and oxygen atoms in total. The summed E-state index contributed by atoms with van der Waals surface area (Å²) in [4.78, 5) is 23.0. The highest BCUT2D eigenvalue weighted by molar-refractivity contribution is 8.02. The van der Waals surface area contributed by atoms with E-state index in [1.54, 1.807) is 31.0 Å². The fourth-order valence-electron chi connectivity index (χ4n) is 1.34. The van der Waals surface area contributed by atoms with Gasteiger partial charge in [0.1, 0.15) is 17.7 Å². The molecular weight excluding hydrogens is 298 g/mol. The van der Waals surface area contributed by atoms with Gasteiger partial charge in [0.25, 0.3) is 5.91 Å². The van der Waals surface area contributed by atoms with E-state index in [1.807, 2.05) is 6.26 Å². The Morgan fingerprint density at radius 3 is 2.50 bits per heavy atom. The van der Waals surface area contributed by atoms with Gasteiger partial charge in [-0.3, -0.25) is 4.79 Å². The molecule has 0 aliphatic rings. The summed E-state index contributed by atoms with van der Waals surface area (Å²) in [6.45, 7) is 1.99. The van der Waals surface area contributed by atoms with E-state index in [0.29, 0.717) is 11.4 Å². The van der Waals surface area contributed by atoms with Gasteiger partial charge in [-0.15, -0.1) is 11.8 Å². The Hall–Kier alpha value is -1.33. The van der Waals surface area contributed by atoms with Crippen LogP contribution in [0.4, 0.5) is 0 Å². The van der Waals surface area contributed by atoms with Gasteiger partial charge in [0.2, 0.25) is 0 Å². The molecule has 0 heterocycles. The molecule has 0 fully saturated rings. The Kier molecular flexibility index (Phi) is 9.76. The molecule has 112 valence electrons. The Bertz CT molecular complexity index is 419. The highest BCUT2D eigenvalue weighted by Crippen LogP contribution is 2.16. The van der Waals surface area contributed by atoms with Gasteiger partial charge in [-0.1, -0.05) is 0 Å². The maximum absolute atomic E-state index is 11.9. The summed E-state index contributed by atoms with van der Waals surface area (Å²) in [6, 6.07) is 1.15. The molecule has 0 bridgehead atoms. The second-order valence-electron chi connectivity index (χ2n) is 3.61. The van der Waals surface area contributed by atoms with E-state index in [4.69, 9.17) is 15.7 Å². The third-order valence-corrected chi connectivity index (χ3v) is 3.65. The molecule has 0 aliphatic heterocycles. The first-order valence-corrected chi connectivity index (χ1v) is 8.53. The van der Waals surface area contributed by atoms with Crippen molar-refractivity contribution in [2.24, 2.45) is 5.73 Å². The number of nitrogens with zero attached hydrogens (tertiary/aromatic N) is 1. The van der Waals surface area contributed by atoms with Crippen LogP contribution in [0.5, 0.6) is 0 Å². The van der Waals surface area contributed by atoms with Crippen LogP contribution in [-0.4, -0.2) is 42.8 Å². The Labute approximate surface area is 127 Å². The molecule has 0 aromatic carbocycles. The van der Waals surface area contributed by atoms with Gasteiger partial charge < -0.3 is 15.8 Å². The number of hydrogen-bond donors (Lipinski definition) is 2. The average molecular weight is 317 g/mol. The smallest absolute Gasteiger partial charge is 0.328 e. The minimum atomic E-state index is -0.822. The van der Waals surface area contributed by atoms with Gasteiger partial charge in [-0.25, -0.2) is 4.79 Å². The number of nitrogens with one attached hydrogen (secondary N) is 1. The standard InChI is InChI=1S/C12H19N3O3S2/c1-4-18-12(17)9(5-6-19-2)15-11(20-3)8(7-13)10(14)16/h9,15H,4-6H2,1-3H3,(H2,14,16)/b11-8+. The third kappa shape index (κ3) is 6.21. The number of rotatable bonds is 9. The summed E-state index contributed by atoms with van der Waals surface area (Å²) in [7, 11) is 0. The van der Waals surface area contributed by atoms with E-state index in [1.165, 1.54) is 0 Å². The SMILES string of the molecule is CCOC(=O)C(CCSC)N/C(SC)=C(/C#N)C(N)=O. The van der Waals surface area contributed by atoms with Crippen molar-refractivity contribution in [2.75, 3.05) is 24.9 Å². The number of nitrogens with two attached hydrogens (primary N) is 1. The maximum Gasteiger partial charge on any atom is 0.328 e. The molecule has 1 amide bonds. The molecule has 1 atom stereocenters. The largest absolute Gasteiger partial charge is 0.464 e. The maximum atomic E-state index is 11.9. The summed E-state index contributed by atoms with van der Waals surface area (Å²) in [5.41, 5.74) is 4.96. The summed E-state index contributed by atoms with van der Waals surface area (Å²) in [5, 5.41) is 12.1. The van der Waals surface area contributed by atoms with Crippen molar-refractivity contribution in [1.29, 1.82) is 5.26 Å². The van der Waals surface area contributed by atoms with Crippen LogP contribution in [0.25, 0.3) is 0 Å². The highest BCUT2D eigenvalue weighted by Gasteiger charge is 2.22. The molecule has 0 aromatic heterocycles. The van der Waals surface area contributed by atoms with Crippen molar-refractivity contribution >= 4 is 35.4 Å². The summed E-state index contributed by atoms with van der Waals surface area (Å²) < 4.78 is 4.98. The second kappa shape index (κ2) is 10.5. The normalized spacial score (nSPS) is 12.9. The number of nitriles is 1. The quantitative estimate of drug-likeness (QED) is 0.369. The molecule has 3 N–H and O–H groups in total. The van der Waals surface area contributed by atoms with Crippen LogP contribution in [0.15, 0.2) is 10.6 Å². The monoisotopic (exact) mass is 317 g/mol. The molecule has 0 rings (SSSR count). The first kappa shape index (κ1) is 18.7. The van der Waals surface area contributed by atoms with Crippen molar-refractivity contribution in [2.45, 2.75) is 19.4 Å². The molecule has 20 heavy (non-hydrogen) atoms. The fourth-order valence-corrected chi connectivity index (χ4v) is 2.42. The van der Waals surface area contributed by atoms with Crippen LogP contribution in [0, 0.1) is 11.3 Å². The van der Waals surface area contributed by atoms with E-state index in [0.717, 1.165) is 17.5 Å². The van der Waals surface area contributed by atoms with Crippen molar-refractivity contribution in [3.63, 3.8) is 0 Å². The van der Waals surface area contributed by atoms with E-state index in [-0.39, 0.29) is 12.2 Å². The third-order valence-electron chi connectivity index (χ3n) is 2.28. The zero-order valence-corrected chi connectivity index (χ0v) is 13.4. The van der Waals surface area contributed by atoms with Crippen LogP contribution in [0.1, 0.15) is 13.3 Å². The molecule has 8 heteroatoms. The average Bonchev–Trinajstić information content (AvgIpc) is 2.41. The van der Waals surface area contributed by atoms with E-state index in [9.17, 15) is 9.59 Å². The Morgan fingerprint density at radius 1 is 1.45 bits per heavy atom. The number of primary amides is 1. The summed E-state index contributed by atoms with van der Waals surface area (Å²) in [5.74, 6) is -0.483. The van der Waals surface area contributed by atoms with Crippen LogP contribution in [0.3, 0.4) is 0 Å². The number of thioether (sulfide) groups is 2. The molecule has 0 radical (unpaired) electrons. The predicted octanol–water partition coefficient (Wildman–Crippen LogP) is 0.844. The lowest BCUT2D eigenvalue weighted by Gasteiger charge is -2.19. The molecule has 1 unspecified atom stereocenters. The lowest BCUT2D eigenvalue weighted by atomic mass is 10.2. The van der Waals surface area contributed by atoms with Gasteiger partial charge in [0.05, 0.1) is 11.6 Å². The van der Waals surface area contributed by atoms with Gasteiger partial charge in [-0.2, -0.15) is 17.0 Å². The van der Waals surface area contributed by atoms with Gasteiger partial charge in [-0.05, 0) is 31.6 Å². The van der Waals surface area contributed by atoms with Crippen LogP contribution >= 0.6 is 23.5 Å². The number of esters is 1. The molecule has 0 spiro atoms. The number of hydrogen-bond acceptors (Lipinski definition) is 7. The molecular formula is C12H19N3O3S2. The second-order valence-corrected chi connectivity index (χ2v) is 5.42. The molecule has 0 saturated heterocycles. The molecule has 0 aromatic rings. The minimum absolute atomic E-state index is 0.184. The zero-order chi connectivity index (χ0) is 15.5. The Balaban J connectivity index is 5.15. The van der Waals surface area contributed by atoms with Gasteiger partial charge in [0.15, 0.2) is 0 Å². The zero-order valence-electron chi connectivity index (χ0n) is 11.8. The predicted molar refractivity (Wildman–Crippen MR) is 81.9 cm³/mol. The number of carbonyl (C=O) groups excluding carboxylic acids is 2. The number of carbonyl (C=O) groups is 2. The van der Waals surface area contributed by atoms with Crippen LogP contribution < -0.4 is 11.1 Å². The lowest BCUT2D eigenvalue weighted by Crippen LogP contribution is -2.38. The van der Waals surface area contributed by atoms with Crippen molar-refractivity contribution < 1.29 is 14.3 Å². The summed E-state index contributed by atoms with van der Waals surface area (Å²) >= 11 is 2.75. The topological polar surface area (TPSA) is 105 Å². The van der Waals surface area contributed by atoms with E-state index in [2.05, 4.69) is 5.32 Å². The van der Waals surface area contributed by atoms with Crippen LogP contribution in [-0.2, 0) is 14.3 Å². The highest BCUT2D eigenvalue weighted by atomic mass is 32.2. The number of amides is 1. The lowest BCUT2D eigenvalue weighted by molar-refractivity contribution is -0.145. The molecule has 0 saturated carbocycles. The van der Waals surface area contributed by atoms with Crippen molar-refractivity contribution in [1.82, 2.24) is 5.32 Å². The van der Waals surface area contributed by atoms with Gasteiger partial charge in [0, 0.05) is 0 Å². The first-order chi connectivity index (χ1) is 9.51. The van der Waals surface area contributed by atoms with Crippen LogP contribution in [0.2, 0.25) is 0 Å². The van der Waals surface area contributed by atoms with Crippen molar-refractivity contribution in [3.8, 4) is 6.07 Å². The fraction of sp³-hybridized carbons (Fsp3) is 0.583. The summed E-state index contributed by atoms with van der Waals surface area (Å²) in [6.07, 6.45) is 4.15. The van der Waals surface area contributed by atoms with E-state index < -0.39 is 17.9 Å². The van der Waals surface area contributed by atoms with Gasteiger partial charge >= 0.3 is 5.97 Å². The van der Waals surface area contributed by atoms with Crippen molar-refractivity contribution in [3.05, 3.63) is 10.6 Å². The molecule has 0 aliphatic carbocycles.